The van der Waals surface area contributed by atoms with Gasteiger partial charge in [-0.2, -0.15) is 0 Å². The summed E-state index contributed by atoms with van der Waals surface area (Å²) in [6.45, 7) is 0.468. The zero-order valence-corrected chi connectivity index (χ0v) is 10.9. The molecule has 1 unspecified atom stereocenters. The number of imide groups is 1. The van der Waals surface area contributed by atoms with Crippen LogP contribution in [0.5, 0.6) is 0 Å². The first-order chi connectivity index (χ1) is 8.99. The van der Waals surface area contributed by atoms with Gasteiger partial charge >= 0.3 is 5.97 Å². The Morgan fingerprint density at radius 2 is 1.74 bits per heavy atom. The largest absolute Gasteiger partial charge is 0.760 e. The molecule has 0 aliphatic carbocycles. The summed E-state index contributed by atoms with van der Waals surface area (Å²) < 4.78 is 22.6. The summed E-state index contributed by atoms with van der Waals surface area (Å²) >= 11 is -2.28. The topological polar surface area (TPSA) is 107 Å². The van der Waals surface area contributed by atoms with Crippen LogP contribution in [0, 0.1) is 5.92 Å². The van der Waals surface area contributed by atoms with E-state index in [1.54, 1.807) is 0 Å². The summed E-state index contributed by atoms with van der Waals surface area (Å²) in [6, 6.07) is 0. The van der Waals surface area contributed by atoms with Gasteiger partial charge in [0.05, 0.1) is 5.92 Å². The fourth-order valence-electron chi connectivity index (χ4n) is 2.06. The number of rotatable bonds is 3. The Morgan fingerprint density at radius 1 is 1.21 bits per heavy atom. The molecule has 2 aliphatic heterocycles. The maximum atomic E-state index is 11.8. The van der Waals surface area contributed by atoms with E-state index in [0.29, 0.717) is 17.9 Å². The molecule has 2 rings (SSSR count). The molecule has 2 fully saturated rings. The molecule has 19 heavy (non-hydrogen) atoms. The third kappa shape index (κ3) is 3.17. The Balaban J connectivity index is 1.86. The van der Waals surface area contributed by atoms with Gasteiger partial charge in [0.1, 0.15) is 0 Å². The maximum absolute atomic E-state index is 11.8. The van der Waals surface area contributed by atoms with Crippen molar-refractivity contribution >= 4 is 29.1 Å². The second kappa shape index (κ2) is 5.76. The van der Waals surface area contributed by atoms with Gasteiger partial charge in [-0.3, -0.25) is 13.8 Å². The molecule has 2 aliphatic rings. The minimum Gasteiger partial charge on any atom is -0.760 e. The number of carbonyl (C=O) groups excluding carboxylic acids is 3. The van der Waals surface area contributed by atoms with Crippen LogP contribution in [0.1, 0.15) is 25.7 Å². The molecule has 8 nitrogen and oxygen atoms in total. The molecule has 0 N–H and O–H groups in total. The number of hydroxylamine groups is 2. The zero-order valence-electron chi connectivity index (χ0n) is 10.1. The molecular formula is C10H13N2O6S-. The smallest absolute Gasteiger partial charge is 0.336 e. The van der Waals surface area contributed by atoms with Crippen LogP contribution in [0.15, 0.2) is 0 Å². The summed E-state index contributed by atoms with van der Waals surface area (Å²) in [5.74, 6) is -2.17. The van der Waals surface area contributed by atoms with E-state index in [4.69, 9.17) is 4.84 Å². The summed E-state index contributed by atoms with van der Waals surface area (Å²) in [7, 11) is 0. The molecular weight excluding hydrogens is 276 g/mol. The molecule has 2 amide bonds. The number of carbonyl (C=O) groups is 3. The van der Waals surface area contributed by atoms with Gasteiger partial charge < -0.3 is 9.39 Å². The minimum atomic E-state index is -2.28. The highest BCUT2D eigenvalue weighted by molar-refractivity contribution is 7.76. The lowest BCUT2D eigenvalue weighted by Crippen LogP contribution is -2.40. The Morgan fingerprint density at radius 3 is 2.21 bits per heavy atom. The van der Waals surface area contributed by atoms with Crippen LogP contribution < -0.4 is 0 Å². The quantitative estimate of drug-likeness (QED) is 0.492. The highest BCUT2D eigenvalue weighted by Crippen LogP contribution is 2.21. The van der Waals surface area contributed by atoms with Crippen molar-refractivity contribution in [3.63, 3.8) is 0 Å². The molecule has 0 radical (unpaired) electrons. The first kappa shape index (κ1) is 14.1. The van der Waals surface area contributed by atoms with Crippen molar-refractivity contribution in [1.82, 2.24) is 9.37 Å². The van der Waals surface area contributed by atoms with Gasteiger partial charge in [-0.15, -0.1) is 5.06 Å². The predicted octanol–water partition coefficient (Wildman–Crippen LogP) is -0.900. The van der Waals surface area contributed by atoms with E-state index in [9.17, 15) is 23.1 Å². The number of amides is 2. The molecule has 0 aromatic heterocycles. The minimum absolute atomic E-state index is 0.0553. The van der Waals surface area contributed by atoms with Crippen LogP contribution in [-0.2, 0) is 30.5 Å². The van der Waals surface area contributed by atoms with Crippen molar-refractivity contribution in [2.24, 2.45) is 5.92 Å². The van der Waals surface area contributed by atoms with Gasteiger partial charge in [0.25, 0.3) is 11.8 Å². The summed E-state index contributed by atoms with van der Waals surface area (Å²) in [5.41, 5.74) is 0. The SMILES string of the molecule is O=C(ON1C(=O)CCC1=O)C1CCN(S(=O)[O-])CC1. The highest BCUT2D eigenvalue weighted by atomic mass is 32.2. The second-order valence-electron chi connectivity index (χ2n) is 4.41. The van der Waals surface area contributed by atoms with Gasteiger partial charge in [-0.1, -0.05) is 0 Å². The Kier molecular flexibility index (Phi) is 4.27. The molecule has 1 atom stereocenters. The van der Waals surface area contributed by atoms with Gasteiger partial charge in [-0.05, 0) is 12.8 Å². The number of piperidine rings is 1. The highest BCUT2D eigenvalue weighted by Gasteiger charge is 2.35. The van der Waals surface area contributed by atoms with E-state index < -0.39 is 35.0 Å². The number of nitrogens with zero attached hydrogens (tertiary/aromatic N) is 2. The lowest BCUT2D eigenvalue weighted by Gasteiger charge is -2.31. The summed E-state index contributed by atoms with van der Waals surface area (Å²) in [6.07, 6.45) is 0.755. The first-order valence-electron chi connectivity index (χ1n) is 5.91. The molecule has 0 bridgehead atoms. The van der Waals surface area contributed by atoms with Gasteiger partial charge in [0.15, 0.2) is 0 Å². The lowest BCUT2D eigenvalue weighted by atomic mass is 9.99. The fourth-order valence-corrected chi connectivity index (χ4v) is 2.57. The van der Waals surface area contributed by atoms with E-state index in [0.717, 1.165) is 0 Å². The van der Waals surface area contributed by atoms with Crippen molar-refractivity contribution in [1.29, 1.82) is 0 Å². The monoisotopic (exact) mass is 289 g/mol. The first-order valence-corrected chi connectivity index (χ1v) is 6.94. The molecule has 0 aromatic carbocycles. The lowest BCUT2D eigenvalue weighted by molar-refractivity contribution is -0.201. The van der Waals surface area contributed by atoms with Crippen LogP contribution in [0.25, 0.3) is 0 Å². The number of hydrogen-bond acceptors (Lipinski definition) is 6. The van der Waals surface area contributed by atoms with E-state index in [1.165, 1.54) is 4.31 Å². The van der Waals surface area contributed by atoms with Crippen LogP contribution in [0.4, 0.5) is 0 Å². The average Bonchev–Trinajstić information content (AvgIpc) is 2.70. The summed E-state index contributed by atoms with van der Waals surface area (Å²) in [5, 5.41) is 0.514. The third-order valence-electron chi connectivity index (χ3n) is 3.19. The molecule has 106 valence electrons. The standard InChI is InChI=1S/C10H14N2O6S/c13-8-1-2-9(14)12(8)18-10(15)7-3-5-11(6-4-7)19(16)17/h7H,1-6H2,(H,16,17)/p-1. The van der Waals surface area contributed by atoms with Crippen molar-refractivity contribution in [3.8, 4) is 0 Å². The molecule has 2 heterocycles. The summed E-state index contributed by atoms with van der Waals surface area (Å²) in [4.78, 5) is 39.1. The Hall–Kier alpha value is -1.32. The fraction of sp³-hybridized carbons (Fsp3) is 0.700. The van der Waals surface area contributed by atoms with Gasteiger partial charge in [0, 0.05) is 37.2 Å². The third-order valence-corrected chi connectivity index (χ3v) is 3.97. The molecule has 0 aromatic rings. The zero-order chi connectivity index (χ0) is 14.0. The van der Waals surface area contributed by atoms with Gasteiger partial charge in [-0.25, -0.2) is 9.10 Å². The second-order valence-corrected chi connectivity index (χ2v) is 5.36. The average molecular weight is 289 g/mol. The van der Waals surface area contributed by atoms with Gasteiger partial charge in [0.2, 0.25) is 0 Å². The Labute approximate surface area is 112 Å². The normalized spacial score (nSPS) is 23.7. The van der Waals surface area contributed by atoms with Crippen LogP contribution in [0.3, 0.4) is 0 Å². The van der Waals surface area contributed by atoms with Crippen molar-refractivity contribution in [3.05, 3.63) is 0 Å². The van der Waals surface area contributed by atoms with Crippen molar-refractivity contribution in [2.45, 2.75) is 25.7 Å². The van der Waals surface area contributed by atoms with Crippen molar-refractivity contribution < 1.29 is 28.0 Å². The predicted molar refractivity (Wildman–Crippen MR) is 60.4 cm³/mol. The van der Waals surface area contributed by atoms with Crippen LogP contribution in [-0.4, -0.2) is 49.0 Å². The van der Waals surface area contributed by atoms with Crippen LogP contribution in [0.2, 0.25) is 0 Å². The van der Waals surface area contributed by atoms with E-state index >= 15 is 0 Å². The van der Waals surface area contributed by atoms with E-state index in [2.05, 4.69) is 0 Å². The molecule has 9 heteroatoms. The molecule has 0 spiro atoms. The molecule has 0 saturated carbocycles. The van der Waals surface area contributed by atoms with Crippen molar-refractivity contribution in [2.75, 3.05) is 13.1 Å². The van der Waals surface area contributed by atoms with E-state index in [-0.39, 0.29) is 25.9 Å². The maximum Gasteiger partial charge on any atom is 0.336 e. The van der Waals surface area contributed by atoms with E-state index in [1.807, 2.05) is 0 Å². The Bertz CT molecular complexity index is 416. The van der Waals surface area contributed by atoms with Crippen LogP contribution >= 0.6 is 0 Å². The molecule has 2 saturated heterocycles. The number of hydrogen-bond donors (Lipinski definition) is 0.